The summed E-state index contributed by atoms with van der Waals surface area (Å²) in [5.41, 5.74) is 0.607. The average Bonchev–Trinajstić information content (AvgIpc) is 2.93. The number of halogens is 4. The molecule has 3 rings (SSSR count). The van der Waals surface area contributed by atoms with Gasteiger partial charge in [0.15, 0.2) is 0 Å². The summed E-state index contributed by atoms with van der Waals surface area (Å²) in [6.45, 7) is 4.87. The summed E-state index contributed by atoms with van der Waals surface area (Å²) in [4.78, 5) is 28.8. The van der Waals surface area contributed by atoms with E-state index >= 15 is 0 Å². The van der Waals surface area contributed by atoms with Crippen molar-refractivity contribution in [2.24, 2.45) is 0 Å². The Bertz CT molecular complexity index is 1490. The van der Waals surface area contributed by atoms with Gasteiger partial charge in [-0.1, -0.05) is 84.5 Å². The Labute approximate surface area is 261 Å². The molecule has 7 nitrogen and oxygen atoms in total. The van der Waals surface area contributed by atoms with Gasteiger partial charge in [0.25, 0.3) is 10.0 Å². The SMILES string of the molecule is CCC(C)NC(=O)C(CC)N(Cc1ccc(Cl)cc1Cl)C(=O)CN(c1ccc(Cl)cc1Cl)S(=O)(=O)c1ccccc1. The first-order valence-electron chi connectivity index (χ1n) is 13.0. The minimum absolute atomic E-state index is 0.0346. The van der Waals surface area contributed by atoms with Gasteiger partial charge >= 0.3 is 0 Å². The van der Waals surface area contributed by atoms with Crippen molar-refractivity contribution < 1.29 is 18.0 Å². The summed E-state index contributed by atoms with van der Waals surface area (Å²) in [5.74, 6) is -0.991. The number of hydrogen-bond donors (Lipinski definition) is 1. The van der Waals surface area contributed by atoms with E-state index in [2.05, 4.69) is 5.32 Å². The maximum Gasteiger partial charge on any atom is 0.264 e. The molecule has 0 aliphatic carbocycles. The second-order valence-corrected chi connectivity index (χ2v) is 13.0. The first-order chi connectivity index (χ1) is 19.4. The Morgan fingerprint density at radius 1 is 0.854 bits per heavy atom. The summed E-state index contributed by atoms with van der Waals surface area (Å²) >= 11 is 25.0. The number of carbonyl (C=O) groups is 2. The fourth-order valence-corrected chi connectivity index (χ4v) is 6.59. The molecule has 0 aliphatic heterocycles. The van der Waals surface area contributed by atoms with Crippen LogP contribution < -0.4 is 9.62 Å². The summed E-state index contributed by atoms with van der Waals surface area (Å²) in [5, 5.41) is 3.99. The molecule has 2 atom stereocenters. The standard InChI is InChI=1S/C29H31Cl4N3O4S/c1-4-19(3)34-29(38)26(5-2)35(17-20-11-12-21(30)15-24(20)32)28(37)18-36(27-14-13-22(31)16-25(27)33)41(39,40)23-9-7-6-8-10-23/h6-16,19,26H,4-5,17-18H2,1-3H3,(H,34,38). The van der Waals surface area contributed by atoms with Crippen molar-refractivity contribution >= 4 is 73.9 Å². The highest BCUT2D eigenvalue weighted by Crippen LogP contribution is 2.33. The van der Waals surface area contributed by atoms with Gasteiger partial charge in [-0.15, -0.1) is 0 Å². The third-order valence-corrected chi connectivity index (χ3v) is 9.43. The number of nitrogens with one attached hydrogen (secondary N) is 1. The maximum absolute atomic E-state index is 14.1. The summed E-state index contributed by atoms with van der Waals surface area (Å²) in [6, 6.07) is 15.8. The van der Waals surface area contributed by atoms with Crippen molar-refractivity contribution in [2.45, 2.75) is 57.1 Å². The second kappa shape index (κ2) is 14.6. The topological polar surface area (TPSA) is 86.8 Å². The van der Waals surface area contributed by atoms with Crippen molar-refractivity contribution in [2.75, 3.05) is 10.8 Å². The minimum Gasteiger partial charge on any atom is -0.352 e. The molecule has 0 aromatic heterocycles. The monoisotopic (exact) mass is 657 g/mol. The van der Waals surface area contributed by atoms with E-state index in [4.69, 9.17) is 46.4 Å². The molecule has 0 heterocycles. The molecule has 41 heavy (non-hydrogen) atoms. The Kier molecular flexibility index (Phi) is 11.8. The van der Waals surface area contributed by atoms with Crippen LogP contribution in [0.4, 0.5) is 5.69 Å². The van der Waals surface area contributed by atoms with E-state index in [0.29, 0.717) is 27.1 Å². The second-order valence-electron chi connectivity index (χ2n) is 9.42. The predicted molar refractivity (Wildman–Crippen MR) is 166 cm³/mol. The van der Waals surface area contributed by atoms with Gasteiger partial charge in [0.1, 0.15) is 12.6 Å². The van der Waals surface area contributed by atoms with Crippen LogP contribution in [0.15, 0.2) is 71.6 Å². The lowest BCUT2D eigenvalue weighted by Crippen LogP contribution is -2.53. The molecule has 0 bridgehead atoms. The highest BCUT2D eigenvalue weighted by atomic mass is 35.5. The van der Waals surface area contributed by atoms with E-state index < -0.39 is 28.5 Å². The zero-order valence-electron chi connectivity index (χ0n) is 22.8. The van der Waals surface area contributed by atoms with Crippen LogP contribution in [-0.4, -0.2) is 43.8 Å². The first kappa shape index (κ1) is 33.0. The molecule has 0 aliphatic rings. The molecule has 12 heteroatoms. The van der Waals surface area contributed by atoms with Gasteiger partial charge in [0.05, 0.1) is 15.6 Å². The van der Waals surface area contributed by atoms with Crippen LogP contribution in [0.25, 0.3) is 0 Å². The lowest BCUT2D eigenvalue weighted by atomic mass is 10.1. The Morgan fingerprint density at radius 2 is 1.46 bits per heavy atom. The normalized spacial score (nSPS) is 12.9. The number of nitrogens with zero attached hydrogens (tertiary/aromatic N) is 2. The summed E-state index contributed by atoms with van der Waals surface area (Å²) in [7, 11) is -4.27. The van der Waals surface area contributed by atoms with Gasteiger partial charge in [0.2, 0.25) is 11.8 Å². The zero-order chi connectivity index (χ0) is 30.3. The largest absolute Gasteiger partial charge is 0.352 e. The molecule has 2 amide bonds. The van der Waals surface area contributed by atoms with Crippen LogP contribution in [0.5, 0.6) is 0 Å². The highest BCUT2D eigenvalue weighted by molar-refractivity contribution is 7.92. The van der Waals surface area contributed by atoms with Crippen molar-refractivity contribution in [3.63, 3.8) is 0 Å². The number of rotatable bonds is 12. The lowest BCUT2D eigenvalue weighted by molar-refractivity contribution is -0.140. The smallest absolute Gasteiger partial charge is 0.264 e. The van der Waals surface area contributed by atoms with Crippen molar-refractivity contribution in [1.29, 1.82) is 0 Å². The first-order valence-corrected chi connectivity index (χ1v) is 15.9. The van der Waals surface area contributed by atoms with Gasteiger partial charge in [-0.25, -0.2) is 8.42 Å². The lowest BCUT2D eigenvalue weighted by Gasteiger charge is -2.34. The van der Waals surface area contributed by atoms with Crippen LogP contribution in [0, 0.1) is 0 Å². The number of anilines is 1. The Morgan fingerprint density at radius 3 is 2.02 bits per heavy atom. The molecule has 3 aromatic carbocycles. The van der Waals surface area contributed by atoms with E-state index in [-0.39, 0.29) is 40.5 Å². The molecule has 1 N–H and O–H groups in total. The molecule has 0 saturated carbocycles. The van der Waals surface area contributed by atoms with Gasteiger partial charge in [-0.2, -0.15) is 0 Å². The van der Waals surface area contributed by atoms with Crippen LogP contribution >= 0.6 is 46.4 Å². The summed E-state index contributed by atoms with van der Waals surface area (Å²) in [6.07, 6.45) is 0.962. The number of sulfonamides is 1. The highest BCUT2D eigenvalue weighted by Gasteiger charge is 2.35. The molecule has 0 radical (unpaired) electrons. The van der Waals surface area contributed by atoms with Crippen LogP contribution in [-0.2, 0) is 26.2 Å². The van der Waals surface area contributed by atoms with Gasteiger partial charge < -0.3 is 10.2 Å². The van der Waals surface area contributed by atoms with Gasteiger partial charge in [-0.3, -0.25) is 13.9 Å². The van der Waals surface area contributed by atoms with E-state index in [1.807, 2.05) is 13.8 Å². The molecular weight excluding hydrogens is 628 g/mol. The van der Waals surface area contributed by atoms with E-state index in [1.165, 1.54) is 35.2 Å². The van der Waals surface area contributed by atoms with E-state index in [1.54, 1.807) is 43.3 Å². The van der Waals surface area contributed by atoms with Gasteiger partial charge in [0, 0.05) is 27.7 Å². The number of hydrogen-bond acceptors (Lipinski definition) is 4. The number of amides is 2. The van der Waals surface area contributed by atoms with Crippen molar-refractivity contribution in [3.05, 3.63) is 92.4 Å². The molecule has 0 fully saturated rings. The minimum atomic E-state index is -4.27. The Hall–Kier alpha value is -2.49. The molecule has 0 saturated heterocycles. The van der Waals surface area contributed by atoms with Gasteiger partial charge in [-0.05, 0) is 67.8 Å². The predicted octanol–water partition coefficient (Wildman–Crippen LogP) is 7.22. The van der Waals surface area contributed by atoms with Crippen molar-refractivity contribution in [1.82, 2.24) is 10.2 Å². The van der Waals surface area contributed by atoms with E-state index in [0.717, 1.165) is 4.31 Å². The molecule has 0 spiro atoms. The van der Waals surface area contributed by atoms with E-state index in [9.17, 15) is 18.0 Å². The molecule has 2 unspecified atom stereocenters. The fourth-order valence-electron chi connectivity index (χ4n) is 4.11. The van der Waals surface area contributed by atoms with Crippen molar-refractivity contribution in [3.8, 4) is 0 Å². The van der Waals surface area contributed by atoms with Crippen LogP contribution in [0.2, 0.25) is 20.1 Å². The quantitative estimate of drug-likeness (QED) is 0.223. The molecule has 3 aromatic rings. The third kappa shape index (κ3) is 8.30. The molecular formula is C29H31Cl4N3O4S. The average molecular weight is 659 g/mol. The van der Waals surface area contributed by atoms with Crippen LogP contribution in [0.3, 0.4) is 0 Å². The number of benzene rings is 3. The maximum atomic E-state index is 14.1. The van der Waals surface area contributed by atoms with Crippen LogP contribution in [0.1, 0.15) is 39.2 Å². The Balaban J connectivity index is 2.11. The molecule has 220 valence electrons. The number of carbonyl (C=O) groups excluding carboxylic acids is 2. The fraction of sp³-hybridized carbons (Fsp3) is 0.310. The third-order valence-electron chi connectivity index (χ3n) is 6.53. The zero-order valence-corrected chi connectivity index (χ0v) is 26.6. The summed E-state index contributed by atoms with van der Waals surface area (Å²) < 4.78 is 28.7.